The molecule has 3 aliphatic rings. The Morgan fingerprint density at radius 2 is 1.62 bits per heavy atom. The number of carbonyl (C=O) groups excluding carboxylic acids is 8. The van der Waals surface area contributed by atoms with Gasteiger partial charge >= 0.3 is 5.97 Å². The molecule has 0 spiro atoms. The standard InChI is InChI=1S/C49H52FN7O11S/c1-3-49(67)35-20-39-45-32(24-57(39)47(65)33(35)25-68-48(49)66)34(31-18-28(2)36(50)21-37(31)55-45)26-69-27-53-41(60)22-52-46(64)38(19-29-10-6-4-7-11-29)54-42(61)23-51-40(59)14-13-30(58)12-8-5-9-17-56-43(62)15-16-44(56)63/h4,6-7,10-11,15-16,18,20-21,38,67H,3,5,8-9,12-14,17,19,22-27H2,1-2H3,(H,51,59)(H,52,64)(H,53,60)(H,54,61)/t38-,49-/m0/s1. The number of ketones is 1. The number of hydrogen-bond donors (Lipinski definition) is 5. The van der Waals surface area contributed by atoms with E-state index in [4.69, 9.17) is 9.72 Å². The third-order valence-corrected chi connectivity index (χ3v) is 13.2. The molecule has 20 heteroatoms. The Kier molecular flexibility index (Phi) is 15.8. The van der Waals surface area contributed by atoms with E-state index in [2.05, 4.69) is 21.3 Å². The number of hydrogen-bond acceptors (Lipinski definition) is 13. The first kappa shape index (κ1) is 49.8. The van der Waals surface area contributed by atoms with Gasteiger partial charge in [0.1, 0.15) is 24.2 Å². The van der Waals surface area contributed by atoms with Crippen LogP contribution in [0.25, 0.3) is 22.3 Å². The Hall–Kier alpha value is -7.06. The van der Waals surface area contributed by atoms with Crippen molar-refractivity contribution in [1.82, 2.24) is 35.7 Å². The molecule has 18 nitrogen and oxygen atoms in total. The quantitative estimate of drug-likeness (QED) is 0.0290. The van der Waals surface area contributed by atoms with Gasteiger partial charge in [0.05, 0.1) is 48.0 Å². The number of unbranched alkanes of at least 4 members (excludes halogenated alkanes) is 2. The number of amides is 6. The van der Waals surface area contributed by atoms with Crippen LogP contribution in [0, 0.1) is 12.7 Å². The van der Waals surface area contributed by atoms with Crippen molar-refractivity contribution in [2.24, 2.45) is 0 Å². The minimum absolute atomic E-state index is 0.0270. The molecule has 0 saturated heterocycles. The highest BCUT2D eigenvalue weighted by atomic mass is 32.2. The number of cyclic esters (lactones) is 1. The second-order valence-corrected chi connectivity index (χ2v) is 18.0. The van der Waals surface area contributed by atoms with E-state index >= 15 is 0 Å². The molecule has 5 N–H and O–H groups in total. The summed E-state index contributed by atoms with van der Waals surface area (Å²) in [5, 5.41) is 22.4. The molecule has 2 aromatic heterocycles. The number of nitrogens with zero attached hydrogens (tertiary/aromatic N) is 3. The average Bonchev–Trinajstić information content (AvgIpc) is 3.87. The van der Waals surface area contributed by atoms with Crippen molar-refractivity contribution >= 4 is 69.9 Å². The number of carbonyl (C=O) groups is 8. The van der Waals surface area contributed by atoms with Crippen LogP contribution in [0.3, 0.4) is 0 Å². The Labute approximate surface area is 399 Å². The number of imide groups is 1. The van der Waals surface area contributed by atoms with Crippen LogP contribution in [0.1, 0.15) is 85.3 Å². The van der Waals surface area contributed by atoms with Crippen LogP contribution >= 0.6 is 11.8 Å². The summed E-state index contributed by atoms with van der Waals surface area (Å²) in [6.07, 6.45) is 4.26. The number of fused-ring (bicyclic) bond motifs is 5. The molecular weight excluding hydrogens is 914 g/mol. The molecule has 362 valence electrons. The second-order valence-electron chi connectivity index (χ2n) is 17.0. The van der Waals surface area contributed by atoms with Gasteiger partial charge in [-0.25, -0.2) is 14.2 Å². The zero-order chi connectivity index (χ0) is 49.4. The van der Waals surface area contributed by atoms with Gasteiger partial charge in [0.2, 0.25) is 23.6 Å². The number of halogens is 1. The lowest BCUT2D eigenvalue weighted by Crippen LogP contribution is -2.52. The molecule has 4 aromatic rings. The fraction of sp³-hybridized carbons (Fsp3) is 0.388. The van der Waals surface area contributed by atoms with Gasteiger partial charge in [-0.2, -0.15) is 0 Å². The van der Waals surface area contributed by atoms with Crippen molar-refractivity contribution in [3.05, 3.63) is 110 Å². The molecule has 0 fully saturated rings. The predicted octanol–water partition coefficient (Wildman–Crippen LogP) is 2.63. The molecule has 0 aliphatic carbocycles. The number of esters is 1. The summed E-state index contributed by atoms with van der Waals surface area (Å²) in [5.74, 6) is -4.14. The first-order valence-corrected chi connectivity index (χ1v) is 23.8. The first-order chi connectivity index (χ1) is 33.1. The number of aliphatic hydroxyl groups is 1. The zero-order valence-electron chi connectivity index (χ0n) is 38.1. The molecular formula is C49H52FN7O11S. The second kappa shape index (κ2) is 21.9. The van der Waals surface area contributed by atoms with Crippen molar-refractivity contribution in [1.29, 1.82) is 0 Å². The highest BCUT2D eigenvalue weighted by Crippen LogP contribution is 2.41. The third-order valence-electron chi connectivity index (χ3n) is 12.4. The molecule has 0 saturated carbocycles. The Morgan fingerprint density at radius 1 is 0.884 bits per heavy atom. The Balaban J connectivity index is 0.900. The van der Waals surface area contributed by atoms with Gasteiger partial charge in [-0.05, 0) is 55.0 Å². The van der Waals surface area contributed by atoms with Crippen LogP contribution in [-0.2, 0) is 74.0 Å². The van der Waals surface area contributed by atoms with E-state index in [9.17, 15) is 52.6 Å². The number of nitrogens with one attached hydrogen (secondary N) is 4. The lowest BCUT2D eigenvalue weighted by molar-refractivity contribution is -0.172. The summed E-state index contributed by atoms with van der Waals surface area (Å²) in [6.45, 7) is 2.46. The number of ether oxygens (including phenoxy) is 1. The summed E-state index contributed by atoms with van der Waals surface area (Å²) in [4.78, 5) is 120. The SMILES string of the molecule is CC[C@@]1(O)C(=O)OCc2c1cc1n(c2=O)Cc2c-1nc1cc(F)c(C)cc1c2CSCNC(=O)CNC(=O)[C@H](Cc1ccccc1)NC(=O)CNC(=O)CCC(=O)CCCCCN1C(=O)C=CC1=O. The fourth-order valence-corrected chi connectivity index (χ4v) is 9.36. The fourth-order valence-electron chi connectivity index (χ4n) is 8.46. The number of thioether (sulfide) groups is 1. The molecule has 0 radical (unpaired) electrons. The van der Waals surface area contributed by atoms with Gasteiger partial charge < -0.3 is 35.7 Å². The predicted molar refractivity (Wildman–Crippen MR) is 250 cm³/mol. The largest absolute Gasteiger partial charge is 0.458 e. The van der Waals surface area contributed by atoms with Gasteiger partial charge in [0.15, 0.2) is 5.60 Å². The average molecular weight is 966 g/mol. The van der Waals surface area contributed by atoms with Gasteiger partial charge in [-0.15, -0.1) is 11.8 Å². The van der Waals surface area contributed by atoms with E-state index in [1.807, 2.05) is 0 Å². The number of rotatable bonds is 22. The molecule has 2 atom stereocenters. The van der Waals surface area contributed by atoms with Gasteiger partial charge in [-0.3, -0.25) is 43.3 Å². The first-order valence-electron chi connectivity index (χ1n) is 22.6. The normalized spacial score (nSPS) is 16.1. The molecule has 5 heterocycles. The van der Waals surface area contributed by atoms with Crippen molar-refractivity contribution in [3.8, 4) is 11.4 Å². The molecule has 0 unspecified atom stereocenters. The van der Waals surface area contributed by atoms with Crippen molar-refractivity contribution < 1.29 is 52.6 Å². The third kappa shape index (κ3) is 11.5. The lowest BCUT2D eigenvalue weighted by atomic mass is 9.86. The number of aromatic nitrogens is 2. The number of aryl methyl sites for hydroxylation is 1. The molecule has 0 bridgehead atoms. The number of pyridine rings is 2. The van der Waals surface area contributed by atoms with Crippen LogP contribution in [0.4, 0.5) is 4.39 Å². The number of Topliss-reactive ketones (excluding diaryl/α,β-unsaturated/α-hetero) is 1. The van der Waals surface area contributed by atoms with E-state index in [0.29, 0.717) is 58.4 Å². The molecule has 6 amide bonds. The molecule has 69 heavy (non-hydrogen) atoms. The number of benzene rings is 2. The summed E-state index contributed by atoms with van der Waals surface area (Å²) in [7, 11) is 0. The highest BCUT2D eigenvalue weighted by Gasteiger charge is 2.45. The lowest BCUT2D eigenvalue weighted by Gasteiger charge is -2.31. The zero-order valence-corrected chi connectivity index (χ0v) is 38.9. The highest BCUT2D eigenvalue weighted by molar-refractivity contribution is 7.98. The summed E-state index contributed by atoms with van der Waals surface area (Å²) in [6, 6.07) is 12.4. The van der Waals surface area contributed by atoms with Crippen LogP contribution in [-0.4, -0.2) is 98.3 Å². The Morgan fingerprint density at radius 3 is 2.36 bits per heavy atom. The van der Waals surface area contributed by atoms with Crippen molar-refractivity contribution in [2.45, 2.75) is 95.8 Å². The van der Waals surface area contributed by atoms with Crippen LogP contribution < -0.4 is 26.8 Å². The van der Waals surface area contributed by atoms with E-state index in [0.717, 1.165) is 16.0 Å². The van der Waals surface area contributed by atoms with E-state index < -0.39 is 65.7 Å². The Bertz CT molecular complexity index is 2820. The minimum atomic E-state index is -2.02. The van der Waals surface area contributed by atoms with Gasteiger partial charge in [0, 0.05) is 72.7 Å². The monoisotopic (exact) mass is 965 g/mol. The maximum atomic E-state index is 14.9. The molecule has 7 rings (SSSR count). The smallest absolute Gasteiger partial charge is 0.343 e. The topological polar surface area (TPSA) is 252 Å². The van der Waals surface area contributed by atoms with Gasteiger partial charge in [0.25, 0.3) is 17.4 Å². The summed E-state index contributed by atoms with van der Waals surface area (Å²) < 4.78 is 21.6. The maximum Gasteiger partial charge on any atom is 0.343 e. The van der Waals surface area contributed by atoms with E-state index in [1.165, 1.54) is 34.5 Å². The van der Waals surface area contributed by atoms with Crippen molar-refractivity contribution in [3.63, 3.8) is 0 Å². The van der Waals surface area contributed by atoms with Crippen LogP contribution in [0.2, 0.25) is 0 Å². The van der Waals surface area contributed by atoms with Crippen LogP contribution in [0.15, 0.2) is 65.5 Å². The van der Waals surface area contributed by atoms with Crippen LogP contribution in [0.5, 0.6) is 0 Å². The van der Waals surface area contributed by atoms with Gasteiger partial charge in [-0.1, -0.05) is 43.7 Å². The van der Waals surface area contributed by atoms with E-state index in [-0.39, 0.29) is 86.4 Å². The van der Waals surface area contributed by atoms with E-state index in [1.54, 1.807) is 56.3 Å². The molecule has 2 aromatic carbocycles. The van der Waals surface area contributed by atoms with Crippen molar-refractivity contribution in [2.75, 3.05) is 25.5 Å². The molecule has 3 aliphatic heterocycles. The summed E-state index contributed by atoms with van der Waals surface area (Å²) in [5.41, 5.74) is 1.53. The maximum absolute atomic E-state index is 14.9. The summed E-state index contributed by atoms with van der Waals surface area (Å²) >= 11 is 1.32. The minimum Gasteiger partial charge on any atom is -0.458 e.